The van der Waals surface area contributed by atoms with Gasteiger partial charge in [0.2, 0.25) is 0 Å². The molecule has 2 aromatic rings. The molecule has 96 valence electrons. The summed E-state index contributed by atoms with van der Waals surface area (Å²) in [6.45, 7) is 5.72. The van der Waals surface area contributed by atoms with Crippen LogP contribution in [0.5, 0.6) is 0 Å². The molecule has 1 heterocycles. The SMILES string of the molecule is CC(C)c1c(CCN)nnn1Cc1ccccc1. The highest BCUT2D eigenvalue weighted by molar-refractivity contribution is 5.19. The van der Waals surface area contributed by atoms with Gasteiger partial charge in [-0.15, -0.1) is 5.10 Å². The van der Waals surface area contributed by atoms with E-state index in [9.17, 15) is 0 Å². The minimum absolute atomic E-state index is 0.408. The molecule has 0 unspecified atom stereocenters. The van der Waals surface area contributed by atoms with Gasteiger partial charge in [0.05, 0.1) is 17.9 Å². The van der Waals surface area contributed by atoms with Crippen LogP contribution in [0.25, 0.3) is 0 Å². The number of hydrogen-bond acceptors (Lipinski definition) is 3. The lowest BCUT2D eigenvalue weighted by Crippen LogP contribution is -2.10. The average molecular weight is 244 g/mol. The van der Waals surface area contributed by atoms with Crippen LogP contribution in [0.1, 0.15) is 36.7 Å². The summed E-state index contributed by atoms with van der Waals surface area (Å²) in [6.07, 6.45) is 0.794. The van der Waals surface area contributed by atoms with Gasteiger partial charge in [-0.1, -0.05) is 49.4 Å². The van der Waals surface area contributed by atoms with E-state index in [4.69, 9.17) is 5.73 Å². The molecule has 1 aromatic heterocycles. The maximum atomic E-state index is 5.61. The summed E-state index contributed by atoms with van der Waals surface area (Å²) < 4.78 is 1.99. The van der Waals surface area contributed by atoms with Crippen molar-refractivity contribution in [2.75, 3.05) is 6.54 Å². The van der Waals surface area contributed by atoms with E-state index < -0.39 is 0 Å². The van der Waals surface area contributed by atoms with E-state index in [0.29, 0.717) is 12.5 Å². The van der Waals surface area contributed by atoms with Crippen LogP contribution in [-0.4, -0.2) is 21.5 Å². The Kier molecular flexibility index (Phi) is 4.10. The Labute approximate surface area is 108 Å². The standard InChI is InChI=1S/C14H20N4/c1-11(2)14-13(8-9-15)16-17-18(14)10-12-6-4-3-5-7-12/h3-7,11H,8-10,15H2,1-2H3. The Morgan fingerprint density at radius 1 is 1.22 bits per heavy atom. The summed E-state index contributed by atoms with van der Waals surface area (Å²) in [6, 6.07) is 10.3. The number of aromatic nitrogens is 3. The van der Waals surface area contributed by atoms with Crippen molar-refractivity contribution in [1.82, 2.24) is 15.0 Å². The summed E-state index contributed by atoms with van der Waals surface area (Å²) in [4.78, 5) is 0. The van der Waals surface area contributed by atoms with E-state index in [-0.39, 0.29) is 0 Å². The molecule has 0 aliphatic rings. The fourth-order valence-electron chi connectivity index (χ4n) is 2.18. The molecule has 0 saturated carbocycles. The van der Waals surface area contributed by atoms with Crippen molar-refractivity contribution < 1.29 is 0 Å². The van der Waals surface area contributed by atoms with Crippen LogP contribution in [0.2, 0.25) is 0 Å². The zero-order valence-electron chi connectivity index (χ0n) is 11.0. The fraction of sp³-hybridized carbons (Fsp3) is 0.429. The normalized spacial score (nSPS) is 11.1. The molecule has 2 rings (SSSR count). The van der Waals surface area contributed by atoms with E-state index in [1.165, 1.54) is 11.3 Å². The van der Waals surface area contributed by atoms with Gasteiger partial charge in [-0.2, -0.15) is 0 Å². The summed E-state index contributed by atoms with van der Waals surface area (Å²) in [7, 11) is 0. The van der Waals surface area contributed by atoms with E-state index in [1.54, 1.807) is 0 Å². The van der Waals surface area contributed by atoms with Crippen molar-refractivity contribution in [3.8, 4) is 0 Å². The van der Waals surface area contributed by atoms with Crippen LogP contribution < -0.4 is 5.73 Å². The van der Waals surface area contributed by atoms with Gasteiger partial charge in [-0.05, 0) is 18.0 Å². The molecule has 0 aliphatic heterocycles. The summed E-state index contributed by atoms with van der Waals surface area (Å²) in [5.41, 5.74) is 9.08. The first kappa shape index (κ1) is 12.8. The molecule has 0 bridgehead atoms. The Morgan fingerprint density at radius 3 is 2.56 bits per heavy atom. The second-order valence-electron chi connectivity index (χ2n) is 4.76. The predicted octanol–water partition coefficient (Wildman–Crippen LogP) is 1.95. The van der Waals surface area contributed by atoms with Gasteiger partial charge in [-0.25, -0.2) is 4.68 Å². The second kappa shape index (κ2) is 5.78. The van der Waals surface area contributed by atoms with Crippen LogP contribution >= 0.6 is 0 Å². The van der Waals surface area contributed by atoms with Crippen molar-refractivity contribution in [2.45, 2.75) is 32.7 Å². The fourth-order valence-corrected chi connectivity index (χ4v) is 2.18. The zero-order chi connectivity index (χ0) is 13.0. The molecule has 0 atom stereocenters. The van der Waals surface area contributed by atoms with Crippen LogP contribution in [0.4, 0.5) is 0 Å². The molecule has 1 aromatic carbocycles. The van der Waals surface area contributed by atoms with Gasteiger partial charge in [0, 0.05) is 6.42 Å². The molecular formula is C14H20N4. The van der Waals surface area contributed by atoms with Crippen LogP contribution in [0, 0.1) is 0 Å². The lowest BCUT2D eigenvalue weighted by Gasteiger charge is -2.11. The lowest BCUT2D eigenvalue weighted by atomic mass is 10.1. The Morgan fingerprint density at radius 2 is 1.94 bits per heavy atom. The van der Waals surface area contributed by atoms with Crippen molar-refractivity contribution in [3.63, 3.8) is 0 Å². The topological polar surface area (TPSA) is 56.7 Å². The van der Waals surface area contributed by atoms with E-state index >= 15 is 0 Å². The molecule has 4 nitrogen and oxygen atoms in total. The van der Waals surface area contributed by atoms with Crippen molar-refractivity contribution in [3.05, 3.63) is 47.3 Å². The Hall–Kier alpha value is -1.68. The highest BCUT2D eigenvalue weighted by Crippen LogP contribution is 2.18. The molecule has 0 saturated heterocycles. The van der Waals surface area contributed by atoms with Crippen molar-refractivity contribution >= 4 is 0 Å². The number of nitrogens with two attached hydrogens (primary N) is 1. The number of rotatable bonds is 5. The molecular weight excluding hydrogens is 224 g/mol. The quantitative estimate of drug-likeness (QED) is 0.874. The Balaban J connectivity index is 2.28. The first-order valence-electron chi connectivity index (χ1n) is 6.38. The van der Waals surface area contributed by atoms with Crippen molar-refractivity contribution in [1.29, 1.82) is 0 Å². The lowest BCUT2D eigenvalue weighted by molar-refractivity contribution is 0.597. The van der Waals surface area contributed by atoms with Gasteiger partial charge in [-0.3, -0.25) is 0 Å². The molecule has 2 N–H and O–H groups in total. The van der Waals surface area contributed by atoms with Gasteiger partial charge < -0.3 is 5.73 Å². The molecule has 0 radical (unpaired) electrons. The molecule has 18 heavy (non-hydrogen) atoms. The highest BCUT2D eigenvalue weighted by Gasteiger charge is 2.15. The predicted molar refractivity (Wildman–Crippen MR) is 72.4 cm³/mol. The number of hydrogen-bond donors (Lipinski definition) is 1. The first-order valence-corrected chi connectivity index (χ1v) is 6.38. The summed E-state index contributed by atoms with van der Waals surface area (Å²) in [5, 5.41) is 8.52. The summed E-state index contributed by atoms with van der Waals surface area (Å²) in [5.74, 6) is 0.408. The third kappa shape index (κ3) is 2.76. The zero-order valence-corrected chi connectivity index (χ0v) is 11.0. The van der Waals surface area contributed by atoms with E-state index in [0.717, 1.165) is 18.7 Å². The van der Waals surface area contributed by atoms with E-state index in [2.05, 4.69) is 36.3 Å². The minimum Gasteiger partial charge on any atom is -0.330 e. The molecule has 4 heteroatoms. The summed E-state index contributed by atoms with van der Waals surface area (Å²) >= 11 is 0. The van der Waals surface area contributed by atoms with Gasteiger partial charge in [0.1, 0.15) is 0 Å². The largest absolute Gasteiger partial charge is 0.330 e. The maximum Gasteiger partial charge on any atom is 0.0874 e. The smallest absolute Gasteiger partial charge is 0.0874 e. The van der Waals surface area contributed by atoms with Crippen LogP contribution in [0.3, 0.4) is 0 Å². The molecule has 0 fully saturated rings. The molecule has 0 aliphatic carbocycles. The highest BCUT2D eigenvalue weighted by atomic mass is 15.4. The first-order chi connectivity index (χ1) is 8.72. The van der Waals surface area contributed by atoms with Crippen molar-refractivity contribution in [2.24, 2.45) is 5.73 Å². The number of nitrogens with zero attached hydrogens (tertiary/aromatic N) is 3. The third-order valence-electron chi connectivity index (χ3n) is 2.95. The minimum atomic E-state index is 0.408. The molecule has 0 amide bonds. The Bertz CT molecular complexity index is 488. The second-order valence-corrected chi connectivity index (χ2v) is 4.76. The van der Waals surface area contributed by atoms with Crippen LogP contribution in [-0.2, 0) is 13.0 Å². The monoisotopic (exact) mass is 244 g/mol. The average Bonchev–Trinajstić information content (AvgIpc) is 2.74. The number of benzene rings is 1. The van der Waals surface area contributed by atoms with Crippen LogP contribution in [0.15, 0.2) is 30.3 Å². The van der Waals surface area contributed by atoms with Gasteiger partial charge >= 0.3 is 0 Å². The molecule has 0 spiro atoms. The van der Waals surface area contributed by atoms with Gasteiger partial charge in [0.25, 0.3) is 0 Å². The van der Waals surface area contributed by atoms with E-state index in [1.807, 2.05) is 22.9 Å². The maximum absolute atomic E-state index is 5.61. The third-order valence-corrected chi connectivity index (χ3v) is 2.95. The van der Waals surface area contributed by atoms with Gasteiger partial charge in [0.15, 0.2) is 0 Å².